The first kappa shape index (κ1) is 24.1. The Balaban J connectivity index is 1.79. The summed E-state index contributed by atoms with van der Waals surface area (Å²) in [6.07, 6.45) is -3.43. The maximum Gasteiger partial charge on any atom is 0.459 e. The first-order valence-electron chi connectivity index (χ1n) is 9.88. The molecule has 0 radical (unpaired) electrons. The molecule has 1 aromatic heterocycles. The predicted molar refractivity (Wildman–Crippen MR) is 116 cm³/mol. The van der Waals surface area contributed by atoms with E-state index in [0.29, 0.717) is 22.9 Å². The summed E-state index contributed by atoms with van der Waals surface area (Å²) in [7, 11) is 0. The van der Waals surface area contributed by atoms with Crippen LogP contribution in [0.25, 0.3) is 11.3 Å². The summed E-state index contributed by atoms with van der Waals surface area (Å²) < 4.78 is 95.4. The van der Waals surface area contributed by atoms with Gasteiger partial charge in [-0.2, -0.15) is 27.1 Å². The van der Waals surface area contributed by atoms with E-state index in [1.807, 2.05) is 18.4 Å². The lowest BCUT2D eigenvalue weighted by molar-refractivity contribution is -0.249. The largest absolute Gasteiger partial charge is 0.459 e. The van der Waals surface area contributed by atoms with Gasteiger partial charge in [-0.15, -0.1) is 11.8 Å². The summed E-state index contributed by atoms with van der Waals surface area (Å²) >= 11 is 1.50. The highest BCUT2D eigenvalue weighted by atomic mass is 32.2. The Bertz CT molecular complexity index is 1240. The van der Waals surface area contributed by atoms with E-state index in [9.17, 15) is 30.7 Å². The molecule has 0 spiro atoms. The van der Waals surface area contributed by atoms with E-state index in [2.05, 4.69) is 10.1 Å². The molecule has 178 valence electrons. The Kier molecular flexibility index (Phi) is 6.32. The van der Waals surface area contributed by atoms with Gasteiger partial charge >= 0.3 is 12.1 Å². The van der Waals surface area contributed by atoms with Crippen LogP contribution in [-0.4, -0.2) is 29.1 Å². The van der Waals surface area contributed by atoms with E-state index >= 15 is 0 Å². The Morgan fingerprint density at radius 3 is 2.41 bits per heavy atom. The smallest absolute Gasteiger partial charge is 0.256 e. The minimum atomic E-state index is -5.88. The van der Waals surface area contributed by atoms with Gasteiger partial charge in [0.25, 0.3) is 0 Å². The highest BCUT2D eigenvalue weighted by molar-refractivity contribution is 7.98. The second-order valence-electron chi connectivity index (χ2n) is 7.49. The molecule has 3 aromatic rings. The molecule has 0 fully saturated rings. The highest BCUT2D eigenvalue weighted by Crippen LogP contribution is 2.45. The number of alkyl halides is 5. The molecule has 0 saturated carbocycles. The summed E-state index contributed by atoms with van der Waals surface area (Å²) in [5.74, 6) is -7.30. The Morgan fingerprint density at radius 2 is 1.74 bits per heavy atom. The molecule has 0 bridgehead atoms. The Hall–Kier alpha value is -3.08. The number of pyridine rings is 1. The molecule has 0 saturated heterocycles. The molecule has 0 amide bonds. The fourth-order valence-electron chi connectivity index (χ4n) is 3.61. The number of rotatable bonds is 5. The van der Waals surface area contributed by atoms with Gasteiger partial charge in [-0.25, -0.2) is 8.78 Å². The molecule has 2 heterocycles. The minimum Gasteiger partial charge on any atom is -0.256 e. The quantitative estimate of drug-likeness (QED) is 0.273. The normalized spacial score (nSPS) is 16.6. The molecule has 1 aliphatic rings. The van der Waals surface area contributed by atoms with Crippen molar-refractivity contribution in [3.05, 3.63) is 78.0 Å². The third kappa shape index (κ3) is 4.48. The lowest BCUT2D eigenvalue weighted by Gasteiger charge is -2.24. The Morgan fingerprint density at radius 1 is 0.971 bits per heavy atom. The molecular weight excluding hydrogens is 483 g/mol. The molecule has 1 aliphatic heterocycles. The number of hydrogen-bond acceptors (Lipinski definition) is 4. The van der Waals surface area contributed by atoms with Gasteiger partial charge in [0.1, 0.15) is 11.5 Å². The maximum absolute atomic E-state index is 14.5. The van der Waals surface area contributed by atoms with Crippen molar-refractivity contribution in [2.45, 2.75) is 29.5 Å². The molecule has 4 rings (SSSR count). The number of nitrogens with zero attached hydrogens (tertiary/aromatic N) is 3. The summed E-state index contributed by atoms with van der Waals surface area (Å²) in [4.78, 5) is 5.21. The van der Waals surface area contributed by atoms with Crippen LogP contribution in [-0.2, 0) is 0 Å². The third-order valence-corrected chi connectivity index (χ3v) is 6.04. The Labute approximate surface area is 194 Å². The van der Waals surface area contributed by atoms with Gasteiger partial charge in [-0.3, -0.25) is 9.99 Å². The van der Waals surface area contributed by atoms with Crippen LogP contribution < -0.4 is 5.01 Å². The van der Waals surface area contributed by atoms with Crippen LogP contribution in [0.4, 0.5) is 36.4 Å². The summed E-state index contributed by atoms with van der Waals surface area (Å²) in [5, 5.41) is 4.21. The number of benzene rings is 2. The van der Waals surface area contributed by atoms with Crippen molar-refractivity contribution in [3.63, 3.8) is 0 Å². The zero-order valence-electron chi connectivity index (χ0n) is 17.5. The molecule has 1 atom stereocenters. The summed E-state index contributed by atoms with van der Waals surface area (Å²) in [5.41, 5.74) is -0.449. The van der Waals surface area contributed by atoms with E-state index in [1.54, 1.807) is 12.1 Å². The van der Waals surface area contributed by atoms with Crippen molar-refractivity contribution < 1.29 is 30.7 Å². The van der Waals surface area contributed by atoms with Gasteiger partial charge in [0, 0.05) is 29.1 Å². The number of halogens is 7. The molecule has 34 heavy (non-hydrogen) atoms. The third-order valence-electron chi connectivity index (χ3n) is 5.32. The number of thioether (sulfide) groups is 1. The molecule has 1 unspecified atom stereocenters. The van der Waals surface area contributed by atoms with Crippen molar-refractivity contribution in [2.24, 2.45) is 5.10 Å². The van der Waals surface area contributed by atoms with E-state index in [0.717, 1.165) is 22.0 Å². The predicted octanol–water partition coefficient (Wildman–Crippen LogP) is 7.25. The van der Waals surface area contributed by atoms with Gasteiger partial charge in [-0.05, 0) is 48.2 Å². The second kappa shape index (κ2) is 8.94. The summed E-state index contributed by atoms with van der Waals surface area (Å²) in [6, 6.07) is 11.4. The van der Waals surface area contributed by atoms with Crippen molar-refractivity contribution in [1.29, 1.82) is 0 Å². The van der Waals surface area contributed by atoms with E-state index < -0.39 is 47.6 Å². The molecule has 3 nitrogen and oxygen atoms in total. The lowest BCUT2D eigenvalue weighted by Crippen LogP contribution is -2.43. The number of hydrazone groups is 1. The summed E-state index contributed by atoms with van der Waals surface area (Å²) in [6.45, 7) is 0. The fourth-order valence-corrected chi connectivity index (χ4v) is 4.07. The van der Waals surface area contributed by atoms with E-state index in [-0.39, 0.29) is 0 Å². The second-order valence-corrected chi connectivity index (χ2v) is 8.37. The van der Waals surface area contributed by atoms with E-state index in [4.69, 9.17) is 0 Å². The van der Waals surface area contributed by atoms with Crippen LogP contribution in [0.5, 0.6) is 0 Å². The van der Waals surface area contributed by atoms with Crippen molar-refractivity contribution in [2.75, 3.05) is 11.3 Å². The number of aromatic nitrogens is 1. The van der Waals surface area contributed by atoms with Crippen LogP contribution in [0.15, 0.2) is 70.8 Å². The van der Waals surface area contributed by atoms with Gasteiger partial charge in [0.05, 0.1) is 17.4 Å². The van der Waals surface area contributed by atoms with Crippen LogP contribution in [0.2, 0.25) is 0 Å². The van der Waals surface area contributed by atoms with Gasteiger partial charge in [0.2, 0.25) is 0 Å². The molecule has 0 aliphatic carbocycles. The van der Waals surface area contributed by atoms with Gasteiger partial charge in [-0.1, -0.05) is 12.1 Å². The zero-order chi connectivity index (χ0) is 24.7. The van der Waals surface area contributed by atoms with E-state index in [1.165, 1.54) is 30.1 Å². The van der Waals surface area contributed by atoms with Crippen molar-refractivity contribution >= 4 is 23.2 Å². The van der Waals surface area contributed by atoms with Crippen molar-refractivity contribution in [3.8, 4) is 11.3 Å². The molecule has 11 heteroatoms. The van der Waals surface area contributed by atoms with Crippen LogP contribution in [0.3, 0.4) is 0 Å². The van der Waals surface area contributed by atoms with Crippen LogP contribution in [0.1, 0.15) is 18.0 Å². The molecule has 0 N–H and O–H groups in total. The first-order chi connectivity index (χ1) is 16.0. The maximum atomic E-state index is 14.5. The SMILES string of the molecule is CSc1cccc(-c2cc(C3CC(C(F)(F)C(F)(F)F)=NN3c3ccc(F)cc3F)ccn2)c1. The topological polar surface area (TPSA) is 28.5 Å². The van der Waals surface area contributed by atoms with Gasteiger partial charge in [0.15, 0.2) is 5.82 Å². The highest BCUT2D eigenvalue weighted by Gasteiger charge is 2.63. The van der Waals surface area contributed by atoms with Gasteiger partial charge < -0.3 is 0 Å². The van der Waals surface area contributed by atoms with Crippen LogP contribution >= 0.6 is 11.8 Å². The monoisotopic (exact) mass is 499 g/mol. The standard InChI is InChI=1S/C23H16F7N3S/c1-34-16-4-2-3-13(9-16)18-10-14(7-8-31-18)20-12-21(22(26,27)23(28,29)30)32-33(20)19-6-5-15(24)11-17(19)25/h2-11,20H,12H2,1H3. The number of hydrogen-bond donors (Lipinski definition) is 0. The number of anilines is 1. The van der Waals surface area contributed by atoms with Crippen LogP contribution in [0, 0.1) is 11.6 Å². The van der Waals surface area contributed by atoms with Crippen molar-refractivity contribution in [1.82, 2.24) is 4.98 Å². The fraction of sp³-hybridized carbons (Fsp3) is 0.217. The minimum absolute atomic E-state index is 0.292. The molecule has 2 aromatic carbocycles. The first-order valence-corrected chi connectivity index (χ1v) is 11.1. The average molecular weight is 499 g/mol. The lowest BCUT2D eigenvalue weighted by atomic mass is 9.97. The zero-order valence-corrected chi connectivity index (χ0v) is 18.3. The molecular formula is C23H16F7N3S. The average Bonchev–Trinajstić information content (AvgIpc) is 3.24.